The van der Waals surface area contributed by atoms with Crippen LogP contribution in [0.4, 0.5) is 0 Å². The van der Waals surface area contributed by atoms with Crippen molar-refractivity contribution in [3.05, 3.63) is 10.6 Å². The first-order valence-corrected chi connectivity index (χ1v) is 12.0. The summed E-state index contributed by atoms with van der Waals surface area (Å²) in [6, 6.07) is -0.626. The summed E-state index contributed by atoms with van der Waals surface area (Å²) in [7, 11) is 0. The van der Waals surface area contributed by atoms with Crippen LogP contribution in [-0.2, 0) is 14.4 Å². The number of thioether (sulfide) groups is 1. The van der Waals surface area contributed by atoms with Gasteiger partial charge in [0.25, 0.3) is 0 Å². The molecule has 2 unspecified atom stereocenters. The van der Waals surface area contributed by atoms with Crippen LogP contribution in [-0.4, -0.2) is 105 Å². The quantitative estimate of drug-likeness (QED) is 0.239. The van der Waals surface area contributed by atoms with Crippen LogP contribution in [0.15, 0.2) is 10.6 Å². The Balaban J connectivity index is 1.43. The second kappa shape index (κ2) is 8.68. The lowest BCUT2D eigenvalue weighted by atomic mass is 9.79. The highest BCUT2D eigenvalue weighted by molar-refractivity contribution is 8.03. The number of aliphatic hydroxyl groups excluding tert-OH is 1. The van der Waals surface area contributed by atoms with E-state index in [1.807, 2.05) is 23.6 Å². The molecule has 3 saturated heterocycles. The van der Waals surface area contributed by atoms with Crippen molar-refractivity contribution in [2.24, 2.45) is 11.8 Å². The van der Waals surface area contributed by atoms with E-state index in [0.29, 0.717) is 37.5 Å². The van der Waals surface area contributed by atoms with E-state index in [0.717, 1.165) is 0 Å². The van der Waals surface area contributed by atoms with Gasteiger partial charge >= 0.3 is 5.97 Å². The molecular formula is C21H31N5O5S. The lowest BCUT2D eigenvalue weighted by Crippen LogP contribution is -2.63. The van der Waals surface area contributed by atoms with Crippen LogP contribution in [0.1, 0.15) is 27.2 Å². The van der Waals surface area contributed by atoms with Gasteiger partial charge in [0.2, 0.25) is 11.8 Å². The van der Waals surface area contributed by atoms with E-state index in [9.17, 15) is 24.6 Å². The third kappa shape index (κ3) is 3.69. The van der Waals surface area contributed by atoms with Crippen LogP contribution in [0.5, 0.6) is 0 Å². The molecule has 4 N–H and O–H groups in total. The lowest BCUT2D eigenvalue weighted by molar-refractivity contribution is -0.163. The number of β-lactam (4-membered cyclic amide) rings is 1. The van der Waals surface area contributed by atoms with E-state index in [4.69, 9.17) is 5.41 Å². The minimum atomic E-state index is -1.13. The molecule has 4 aliphatic heterocycles. The van der Waals surface area contributed by atoms with Crippen LogP contribution >= 0.6 is 11.8 Å². The van der Waals surface area contributed by atoms with Crippen molar-refractivity contribution < 1.29 is 24.6 Å². The zero-order valence-electron chi connectivity index (χ0n) is 18.5. The molecule has 0 aliphatic carbocycles. The SMILES string of the molecule is CC(O)[C@H]1C(=O)N2C(C(=O)O)=C(S[C@@H]3CN[C@H](C(=O)N4CCN(C=N)CC4C)C3)[C@@H](C)[C@H]12. The van der Waals surface area contributed by atoms with Gasteiger partial charge in [-0.1, -0.05) is 6.92 Å². The zero-order valence-corrected chi connectivity index (χ0v) is 19.3. The molecule has 0 radical (unpaired) electrons. The van der Waals surface area contributed by atoms with Crippen LogP contribution in [0.2, 0.25) is 0 Å². The Morgan fingerprint density at radius 3 is 2.62 bits per heavy atom. The molecule has 4 aliphatic rings. The fourth-order valence-electron chi connectivity index (χ4n) is 5.47. The predicted molar refractivity (Wildman–Crippen MR) is 119 cm³/mol. The summed E-state index contributed by atoms with van der Waals surface area (Å²) in [6.45, 7) is 7.91. The molecule has 10 nitrogen and oxygen atoms in total. The number of carbonyl (C=O) groups is 3. The van der Waals surface area contributed by atoms with Gasteiger partial charge in [0.1, 0.15) is 5.70 Å². The van der Waals surface area contributed by atoms with Crippen molar-refractivity contribution in [3.63, 3.8) is 0 Å². The van der Waals surface area contributed by atoms with Crippen molar-refractivity contribution in [2.45, 2.75) is 56.7 Å². The number of carboxylic acid groups (broad SMARTS) is 1. The molecule has 7 atom stereocenters. The van der Waals surface area contributed by atoms with Crippen LogP contribution < -0.4 is 5.32 Å². The summed E-state index contributed by atoms with van der Waals surface area (Å²) in [6.07, 6.45) is 1.07. The monoisotopic (exact) mass is 465 g/mol. The molecule has 0 aromatic rings. The third-order valence-corrected chi connectivity index (χ3v) is 8.63. The van der Waals surface area contributed by atoms with E-state index < -0.39 is 18.0 Å². The minimum Gasteiger partial charge on any atom is -0.477 e. The van der Waals surface area contributed by atoms with Crippen molar-refractivity contribution in [1.29, 1.82) is 5.41 Å². The number of piperazine rings is 1. The third-order valence-electron chi connectivity index (χ3n) is 7.12. The summed E-state index contributed by atoms with van der Waals surface area (Å²) in [5.41, 5.74) is 0.0283. The number of hydrogen-bond acceptors (Lipinski definition) is 7. The molecule has 0 aromatic heterocycles. The number of fused-ring (bicyclic) bond motifs is 1. The Bertz CT molecular complexity index is 864. The molecule has 3 fully saturated rings. The highest BCUT2D eigenvalue weighted by Gasteiger charge is 2.60. The molecule has 4 rings (SSSR count). The second-order valence-electron chi connectivity index (χ2n) is 9.21. The Labute approximate surface area is 191 Å². The molecule has 32 heavy (non-hydrogen) atoms. The van der Waals surface area contributed by atoms with Gasteiger partial charge in [-0.2, -0.15) is 0 Å². The molecule has 0 bridgehead atoms. The number of amides is 2. The van der Waals surface area contributed by atoms with Gasteiger partial charge in [-0.3, -0.25) is 15.0 Å². The first kappa shape index (κ1) is 23.1. The van der Waals surface area contributed by atoms with E-state index in [1.54, 1.807) is 6.92 Å². The number of aliphatic carboxylic acids is 1. The van der Waals surface area contributed by atoms with Crippen molar-refractivity contribution >= 4 is 35.9 Å². The van der Waals surface area contributed by atoms with Crippen molar-refractivity contribution in [2.75, 3.05) is 26.2 Å². The number of nitrogens with one attached hydrogen (secondary N) is 2. The number of carbonyl (C=O) groups excluding carboxylic acids is 2. The number of hydrogen-bond donors (Lipinski definition) is 4. The van der Waals surface area contributed by atoms with Gasteiger partial charge in [0, 0.05) is 48.3 Å². The topological polar surface area (TPSA) is 137 Å². The number of rotatable bonds is 6. The van der Waals surface area contributed by atoms with Gasteiger partial charge in [-0.15, -0.1) is 11.8 Å². The molecule has 4 heterocycles. The molecular weight excluding hydrogens is 434 g/mol. The molecule has 0 spiro atoms. The summed E-state index contributed by atoms with van der Waals surface area (Å²) in [5.74, 6) is -2.16. The minimum absolute atomic E-state index is 0.0210. The molecule has 2 amide bonds. The van der Waals surface area contributed by atoms with Crippen LogP contribution in [0.3, 0.4) is 0 Å². The highest BCUT2D eigenvalue weighted by atomic mass is 32.2. The Hall–Kier alpha value is -2.11. The van der Waals surface area contributed by atoms with E-state index in [-0.39, 0.29) is 46.8 Å². The number of aliphatic hydroxyl groups is 1. The summed E-state index contributed by atoms with van der Waals surface area (Å²) in [5, 5.41) is 30.5. The normalized spacial score (nSPS) is 35.6. The fourth-order valence-corrected chi connectivity index (χ4v) is 6.95. The molecule has 0 saturated carbocycles. The largest absolute Gasteiger partial charge is 0.477 e. The van der Waals surface area contributed by atoms with Gasteiger partial charge in [0.05, 0.1) is 30.4 Å². The molecule has 0 aromatic carbocycles. The maximum absolute atomic E-state index is 13.1. The second-order valence-corrected chi connectivity index (χ2v) is 10.6. The van der Waals surface area contributed by atoms with Crippen LogP contribution in [0.25, 0.3) is 0 Å². The van der Waals surface area contributed by atoms with E-state index >= 15 is 0 Å². The molecule has 176 valence electrons. The molecule has 11 heteroatoms. The average molecular weight is 466 g/mol. The Morgan fingerprint density at radius 2 is 2.03 bits per heavy atom. The van der Waals surface area contributed by atoms with Crippen LogP contribution in [0, 0.1) is 17.2 Å². The van der Waals surface area contributed by atoms with Crippen molar-refractivity contribution in [3.8, 4) is 0 Å². The average Bonchev–Trinajstić information content (AvgIpc) is 3.29. The fraction of sp³-hybridized carbons (Fsp3) is 0.714. The first-order valence-electron chi connectivity index (χ1n) is 11.1. The van der Waals surface area contributed by atoms with Crippen molar-refractivity contribution in [1.82, 2.24) is 20.0 Å². The Kier molecular flexibility index (Phi) is 6.25. The number of nitrogens with zero attached hydrogens (tertiary/aromatic N) is 3. The summed E-state index contributed by atoms with van der Waals surface area (Å²) in [4.78, 5) is 43.3. The summed E-state index contributed by atoms with van der Waals surface area (Å²) < 4.78 is 0. The zero-order chi connectivity index (χ0) is 23.3. The van der Waals surface area contributed by atoms with E-state index in [1.165, 1.54) is 23.0 Å². The standard InChI is InChI=1S/C21H31N5O5S/c1-10-8-24(9-22)4-5-25(10)19(28)14-6-13(7-23-14)32-18-11(2)16-15(12(3)27)20(29)26(16)17(18)21(30)31/h9-16,22-23,27H,4-8H2,1-3H3,(H,30,31)/t10?,11-,12?,13-,14-,15+,16+/m0/s1. The maximum Gasteiger partial charge on any atom is 0.353 e. The van der Waals surface area contributed by atoms with Gasteiger partial charge < -0.3 is 30.2 Å². The Morgan fingerprint density at radius 1 is 1.31 bits per heavy atom. The van der Waals surface area contributed by atoms with Gasteiger partial charge in [-0.05, 0) is 20.3 Å². The first-order chi connectivity index (χ1) is 15.1. The van der Waals surface area contributed by atoms with Gasteiger partial charge in [0.15, 0.2) is 0 Å². The predicted octanol–water partition coefficient (Wildman–Crippen LogP) is -0.256. The highest BCUT2D eigenvalue weighted by Crippen LogP contribution is 2.51. The number of carboxylic acids is 1. The van der Waals surface area contributed by atoms with Gasteiger partial charge in [-0.25, -0.2) is 4.79 Å². The summed E-state index contributed by atoms with van der Waals surface area (Å²) >= 11 is 1.45. The lowest BCUT2D eigenvalue weighted by Gasteiger charge is -2.46. The van der Waals surface area contributed by atoms with E-state index in [2.05, 4.69) is 5.32 Å². The smallest absolute Gasteiger partial charge is 0.353 e. The maximum atomic E-state index is 13.1.